The van der Waals surface area contributed by atoms with Crippen molar-refractivity contribution in [2.75, 3.05) is 33.9 Å². The summed E-state index contributed by atoms with van der Waals surface area (Å²) in [6.45, 7) is 6.83. The Labute approximate surface area is 173 Å². The minimum absolute atomic E-state index is 0.560. The third-order valence-electron chi connectivity index (χ3n) is 4.23. The van der Waals surface area contributed by atoms with E-state index in [0.29, 0.717) is 19.0 Å². The van der Waals surface area contributed by atoms with Gasteiger partial charge in [0.05, 0.1) is 27.4 Å². The van der Waals surface area contributed by atoms with E-state index >= 15 is 0 Å². The van der Waals surface area contributed by atoms with E-state index in [0.717, 1.165) is 49.0 Å². The molecular weight excluding hydrogens is 368 g/mol. The molecule has 0 amide bonds. The van der Waals surface area contributed by atoms with Crippen LogP contribution in [0.1, 0.15) is 31.4 Å². The van der Waals surface area contributed by atoms with Gasteiger partial charge in [0.25, 0.3) is 0 Å². The number of rotatable bonds is 11. The van der Waals surface area contributed by atoms with Crippen molar-refractivity contribution < 1.29 is 14.2 Å². The number of hydrogen-bond donors (Lipinski definition) is 2. The molecule has 0 saturated carbocycles. The lowest BCUT2D eigenvalue weighted by molar-refractivity contribution is 0.310. The van der Waals surface area contributed by atoms with Crippen LogP contribution in [0.3, 0.4) is 0 Å². The minimum atomic E-state index is 0.560. The highest BCUT2D eigenvalue weighted by atomic mass is 16.5. The predicted octanol–water partition coefficient (Wildman–Crippen LogP) is 3.19. The molecule has 0 atom stereocenters. The molecule has 0 aliphatic rings. The summed E-state index contributed by atoms with van der Waals surface area (Å²) in [5.41, 5.74) is 2.28. The Morgan fingerprint density at radius 2 is 1.86 bits per heavy atom. The second-order valence-corrected chi connectivity index (χ2v) is 6.35. The van der Waals surface area contributed by atoms with Gasteiger partial charge in [0.1, 0.15) is 0 Å². The van der Waals surface area contributed by atoms with Crippen molar-refractivity contribution in [3.05, 3.63) is 47.7 Å². The fraction of sp³-hybridized carbons (Fsp3) is 0.455. The maximum atomic E-state index is 5.65. The molecule has 0 aliphatic carbocycles. The summed E-state index contributed by atoms with van der Waals surface area (Å²) in [6, 6.07) is 9.93. The summed E-state index contributed by atoms with van der Waals surface area (Å²) in [6.07, 6.45) is 3.65. The summed E-state index contributed by atoms with van der Waals surface area (Å²) < 4.78 is 16.2. The molecule has 2 N–H and O–H groups in total. The molecule has 7 nitrogen and oxygen atoms in total. The topological polar surface area (TPSA) is 77.0 Å². The Morgan fingerprint density at radius 1 is 1.00 bits per heavy atom. The number of aliphatic imine (C=N–C) groups is 1. The van der Waals surface area contributed by atoms with Crippen molar-refractivity contribution in [1.82, 2.24) is 15.6 Å². The van der Waals surface area contributed by atoms with Crippen LogP contribution in [0, 0.1) is 0 Å². The van der Waals surface area contributed by atoms with Gasteiger partial charge >= 0.3 is 0 Å². The van der Waals surface area contributed by atoms with E-state index in [1.54, 1.807) is 20.4 Å². The number of aryl methyl sites for hydroxylation is 1. The Bertz CT molecular complexity index is 780. The molecular formula is C22H32N4O3. The maximum absolute atomic E-state index is 5.65. The predicted molar refractivity (Wildman–Crippen MR) is 116 cm³/mol. The summed E-state index contributed by atoms with van der Waals surface area (Å²) in [5.74, 6) is 2.96. The van der Waals surface area contributed by atoms with Gasteiger partial charge in [-0.05, 0) is 56.0 Å². The first-order valence-corrected chi connectivity index (χ1v) is 10.0. The highest BCUT2D eigenvalue weighted by Gasteiger charge is 2.06. The molecule has 0 saturated heterocycles. The highest BCUT2D eigenvalue weighted by molar-refractivity contribution is 5.79. The fourth-order valence-corrected chi connectivity index (χ4v) is 2.82. The van der Waals surface area contributed by atoms with Gasteiger partial charge in [0.2, 0.25) is 5.88 Å². The third-order valence-corrected chi connectivity index (χ3v) is 4.23. The minimum Gasteiger partial charge on any atom is -0.493 e. The average molecular weight is 401 g/mol. The van der Waals surface area contributed by atoms with Gasteiger partial charge in [-0.3, -0.25) is 0 Å². The summed E-state index contributed by atoms with van der Waals surface area (Å²) in [4.78, 5) is 8.76. The molecule has 0 radical (unpaired) electrons. The SMILES string of the molecule is CCNC(=NCc1ccnc(OC)c1)NCCCc1ccc(OC)c(OCC)c1. The van der Waals surface area contributed by atoms with E-state index in [2.05, 4.69) is 39.7 Å². The van der Waals surface area contributed by atoms with Gasteiger partial charge in [-0.2, -0.15) is 0 Å². The first kappa shape index (κ1) is 22.3. The van der Waals surface area contributed by atoms with Crippen LogP contribution in [0.4, 0.5) is 0 Å². The van der Waals surface area contributed by atoms with Gasteiger partial charge < -0.3 is 24.8 Å². The second kappa shape index (κ2) is 12.5. The van der Waals surface area contributed by atoms with Crippen LogP contribution in [0.5, 0.6) is 17.4 Å². The molecule has 158 valence electrons. The lowest BCUT2D eigenvalue weighted by Crippen LogP contribution is -2.37. The van der Waals surface area contributed by atoms with Crippen molar-refractivity contribution in [2.45, 2.75) is 33.2 Å². The van der Waals surface area contributed by atoms with E-state index in [1.165, 1.54) is 5.56 Å². The van der Waals surface area contributed by atoms with Crippen LogP contribution in [0.25, 0.3) is 0 Å². The van der Waals surface area contributed by atoms with E-state index in [1.807, 2.05) is 25.1 Å². The maximum Gasteiger partial charge on any atom is 0.213 e. The molecule has 1 aromatic carbocycles. The number of hydrogen-bond acceptors (Lipinski definition) is 5. The summed E-state index contributed by atoms with van der Waals surface area (Å²) in [7, 11) is 3.27. The standard InChI is InChI=1S/C22H32N4O3/c1-5-23-22(26-16-18-11-13-24-21(15-18)28-4)25-12-7-8-17-9-10-19(27-3)20(14-17)29-6-2/h9-11,13-15H,5-8,12,16H2,1-4H3,(H2,23,25,26). The Hall–Kier alpha value is -2.96. The van der Waals surface area contributed by atoms with Crippen molar-refractivity contribution in [3.63, 3.8) is 0 Å². The van der Waals surface area contributed by atoms with Gasteiger partial charge in [-0.15, -0.1) is 0 Å². The van der Waals surface area contributed by atoms with Gasteiger partial charge in [0, 0.05) is 25.4 Å². The zero-order chi connectivity index (χ0) is 20.9. The van der Waals surface area contributed by atoms with Crippen molar-refractivity contribution in [1.29, 1.82) is 0 Å². The first-order chi connectivity index (χ1) is 14.2. The third kappa shape index (κ3) is 7.52. The zero-order valence-corrected chi connectivity index (χ0v) is 17.8. The molecule has 0 aliphatic heterocycles. The number of guanidine groups is 1. The molecule has 0 bridgehead atoms. The lowest BCUT2D eigenvalue weighted by atomic mass is 10.1. The molecule has 0 unspecified atom stereocenters. The molecule has 7 heteroatoms. The van der Waals surface area contributed by atoms with E-state index in [-0.39, 0.29) is 0 Å². The Kier molecular flexibility index (Phi) is 9.62. The Morgan fingerprint density at radius 3 is 2.59 bits per heavy atom. The zero-order valence-electron chi connectivity index (χ0n) is 17.8. The quantitative estimate of drug-likeness (QED) is 0.343. The van der Waals surface area contributed by atoms with Gasteiger partial charge in [-0.1, -0.05) is 6.07 Å². The normalized spacial score (nSPS) is 11.1. The van der Waals surface area contributed by atoms with Crippen LogP contribution < -0.4 is 24.8 Å². The fourth-order valence-electron chi connectivity index (χ4n) is 2.82. The molecule has 1 heterocycles. The summed E-state index contributed by atoms with van der Waals surface area (Å²) in [5, 5.41) is 6.66. The summed E-state index contributed by atoms with van der Waals surface area (Å²) >= 11 is 0. The molecule has 2 rings (SSSR count). The Balaban J connectivity index is 1.86. The number of methoxy groups -OCH3 is 2. The van der Waals surface area contributed by atoms with Gasteiger partial charge in [0.15, 0.2) is 17.5 Å². The number of benzene rings is 1. The van der Waals surface area contributed by atoms with Crippen LogP contribution in [-0.2, 0) is 13.0 Å². The molecule has 2 aromatic rings. The lowest BCUT2D eigenvalue weighted by Gasteiger charge is -2.13. The first-order valence-electron chi connectivity index (χ1n) is 10.0. The van der Waals surface area contributed by atoms with Crippen LogP contribution in [0.15, 0.2) is 41.5 Å². The molecule has 29 heavy (non-hydrogen) atoms. The smallest absolute Gasteiger partial charge is 0.213 e. The van der Waals surface area contributed by atoms with Crippen molar-refractivity contribution in [3.8, 4) is 17.4 Å². The van der Waals surface area contributed by atoms with Crippen molar-refractivity contribution >= 4 is 5.96 Å². The number of ether oxygens (including phenoxy) is 3. The monoisotopic (exact) mass is 400 g/mol. The second-order valence-electron chi connectivity index (χ2n) is 6.35. The average Bonchev–Trinajstić information content (AvgIpc) is 2.75. The largest absolute Gasteiger partial charge is 0.493 e. The van der Waals surface area contributed by atoms with E-state index in [4.69, 9.17) is 14.2 Å². The molecule has 0 spiro atoms. The highest BCUT2D eigenvalue weighted by Crippen LogP contribution is 2.28. The van der Waals surface area contributed by atoms with Crippen LogP contribution in [-0.4, -0.2) is 44.9 Å². The van der Waals surface area contributed by atoms with E-state index < -0.39 is 0 Å². The molecule has 0 fully saturated rings. The number of pyridine rings is 1. The van der Waals surface area contributed by atoms with Crippen LogP contribution >= 0.6 is 0 Å². The molecule has 1 aromatic heterocycles. The number of nitrogens with one attached hydrogen (secondary N) is 2. The number of nitrogens with zero attached hydrogens (tertiary/aromatic N) is 2. The van der Waals surface area contributed by atoms with Crippen molar-refractivity contribution in [2.24, 2.45) is 4.99 Å². The van der Waals surface area contributed by atoms with E-state index in [9.17, 15) is 0 Å². The number of aromatic nitrogens is 1. The van der Waals surface area contributed by atoms with Gasteiger partial charge in [-0.25, -0.2) is 9.98 Å². The van der Waals surface area contributed by atoms with Crippen LogP contribution in [0.2, 0.25) is 0 Å².